The molecule has 1 N–H and O–H groups in total. The minimum atomic E-state index is -0.433. The van der Waals surface area contributed by atoms with Gasteiger partial charge in [0.2, 0.25) is 0 Å². The Balaban J connectivity index is 2.79. The van der Waals surface area contributed by atoms with Crippen LogP contribution in [0.5, 0.6) is 5.75 Å². The molecule has 0 aliphatic carbocycles. The molecule has 3 nitrogen and oxygen atoms in total. The van der Waals surface area contributed by atoms with E-state index in [4.69, 9.17) is 4.74 Å². The summed E-state index contributed by atoms with van der Waals surface area (Å²) < 4.78 is 5.17. The first kappa shape index (κ1) is 12.9. The van der Waals surface area contributed by atoms with Crippen LogP contribution < -0.4 is 10.1 Å². The highest BCUT2D eigenvalue weighted by Crippen LogP contribution is 2.33. The molecule has 1 atom stereocenters. The minimum Gasteiger partial charge on any atom is -0.409 e. The van der Waals surface area contributed by atoms with Crippen molar-refractivity contribution in [3.8, 4) is 5.75 Å². The van der Waals surface area contributed by atoms with Gasteiger partial charge in [-0.25, -0.2) is 4.79 Å². The van der Waals surface area contributed by atoms with E-state index in [0.29, 0.717) is 11.0 Å². The van der Waals surface area contributed by atoms with Gasteiger partial charge in [-0.15, -0.1) is 11.8 Å². The summed E-state index contributed by atoms with van der Waals surface area (Å²) >= 11 is 1.72. The first-order valence-electron chi connectivity index (χ1n) is 5.32. The van der Waals surface area contributed by atoms with Crippen LogP contribution >= 0.6 is 11.8 Å². The molecule has 1 aromatic rings. The van der Waals surface area contributed by atoms with Crippen LogP contribution in [0, 0.1) is 0 Å². The first-order chi connectivity index (χ1) is 7.67. The van der Waals surface area contributed by atoms with Gasteiger partial charge in [-0.3, -0.25) is 0 Å². The fraction of sp³-hybridized carbons (Fsp3) is 0.417. The van der Waals surface area contributed by atoms with Crippen LogP contribution in [-0.2, 0) is 0 Å². The highest BCUT2D eigenvalue weighted by Gasteiger charge is 2.10. The summed E-state index contributed by atoms with van der Waals surface area (Å²) in [5, 5.41) is 2.95. The fourth-order valence-electron chi connectivity index (χ4n) is 1.08. The zero-order chi connectivity index (χ0) is 12.0. The van der Waals surface area contributed by atoms with Crippen molar-refractivity contribution in [3.05, 3.63) is 24.3 Å². The molecule has 0 bridgehead atoms. The van der Waals surface area contributed by atoms with Crippen molar-refractivity contribution in [1.82, 2.24) is 5.32 Å². The molecule has 0 aliphatic heterocycles. The summed E-state index contributed by atoms with van der Waals surface area (Å²) in [7, 11) is 1.55. The lowest BCUT2D eigenvalue weighted by molar-refractivity contribution is 0.202. The molecule has 1 rings (SSSR count). The topological polar surface area (TPSA) is 38.3 Å². The Labute approximate surface area is 101 Å². The molecule has 0 spiro atoms. The van der Waals surface area contributed by atoms with Crippen LogP contribution in [0.2, 0.25) is 0 Å². The largest absolute Gasteiger partial charge is 0.412 e. The first-order valence-corrected chi connectivity index (χ1v) is 6.20. The zero-order valence-electron chi connectivity index (χ0n) is 9.82. The molecule has 1 aromatic carbocycles. The molecule has 0 aliphatic rings. The second-order valence-corrected chi connectivity index (χ2v) is 4.90. The third-order valence-electron chi connectivity index (χ3n) is 2.16. The molecular weight excluding hydrogens is 222 g/mol. The second kappa shape index (κ2) is 6.43. The lowest BCUT2D eigenvalue weighted by Gasteiger charge is -2.12. The fourth-order valence-corrected chi connectivity index (χ4v) is 2.07. The van der Waals surface area contributed by atoms with Gasteiger partial charge in [-0.05, 0) is 18.6 Å². The predicted octanol–water partition coefficient (Wildman–Crippen LogP) is 3.30. The maximum atomic E-state index is 11.1. The highest BCUT2D eigenvalue weighted by molar-refractivity contribution is 8.00. The average Bonchev–Trinajstić information content (AvgIpc) is 2.31. The van der Waals surface area contributed by atoms with Crippen molar-refractivity contribution in [2.24, 2.45) is 0 Å². The van der Waals surface area contributed by atoms with E-state index in [2.05, 4.69) is 19.2 Å². The van der Waals surface area contributed by atoms with Gasteiger partial charge in [0, 0.05) is 12.3 Å². The number of nitrogens with one attached hydrogen (secondary N) is 1. The summed E-state index contributed by atoms with van der Waals surface area (Å²) in [6.07, 6.45) is 0.649. The van der Waals surface area contributed by atoms with Crippen molar-refractivity contribution in [3.63, 3.8) is 0 Å². The average molecular weight is 239 g/mol. The molecule has 0 fully saturated rings. The Hall–Kier alpha value is -1.16. The summed E-state index contributed by atoms with van der Waals surface area (Å²) in [4.78, 5) is 12.1. The number of para-hydroxylation sites is 1. The molecular formula is C12H17NO2S. The quantitative estimate of drug-likeness (QED) is 0.819. The van der Waals surface area contributed by atoms with Crippen LogP contribution in [-0.4, -0.2) is 18.4 Å². The van der Waals surface area contributed by atoms with Crippen molar-refractivity contribution >= 4 is 17.9 Å². The summed E-state index contributed by atoms with van der Waals surface area (Å²) in [6.45, 7) is 4.29. The molecule has 88 valence electrons. The number of benzene rings is 1. The number of hydrogen-bond donors (Lipinski definition) is 1. The highest BCUT2D eigenvalue weighted by atomic mass is 32.2. The lowest BCUT2D eigenvalue weighted by Crippen LogP contribution is -2.22. The minimum absolute atomic E-state index is 0.433. The molecule has 1 amide bonds. The molecule has 0 unspecified atom stereocenters. The lowest BCUT2D eigenvalue weighted by atomic mass is 10.3. The van der Waals surface area contributed by atoms with Gasteiger partial charge in [-0.2, -0.15) is 0 Å². The zero-order valence-corrected chi connectivity index (χ0v) is 10.6. The standard InChI is InChI=1S/C12H17NO2S/c1-4-9(2)16-11-8-6-5-7-10(11)15-12(14)13-3/h5-9H,4H2,1-3H3,(H,13,14)/t9-/m0/s1. The molecule has 4 heteroatoms. The van der Waals surface area contributed by atoms with E-state index in [0.717, 1.165) is 11.3 Å². The van der Waals surface area contributed by atoms with Crippen LogP contribution in [0.3, 0.4) is 0 Å². The molecule has 16 heavy (non-hydrogen) atoms. The summed E-state index contributed by atoms with van der Waals surface area (Å²) in [5.41, 5.74) is 0. The molecule has 0 heterocycles. The van der Waals surface area contributed by atoms with Gasteiger partial charge >= 0.3 is 6.09 Å². The van der Waals surface area contributed by atoms with Crippen LogP contribution in [0.1, 0.15) is 20.3 Å². The second-order valence-electron chi connectivity index (χ2n) is 3.42. The number of amides is 1. The molecule has 0 radical (unpaired) electrons. The number of carbonyl (C=O) groups is 1. The molecule has 0 aromatic heterocycles. The van der Waals surface area contributed by atoms with Crippen molar-refractivity contribution in [1.29, 1.82) is 0 Å². The SMILES string of the molecule is CC[C@H](C)Sc1ccccc1OC(=O)NC. The van der Waals surface area contributed by atoms with Gasteiger partial charge in [0.15, 0.2) is 0 Å². The number of hydrogen-bond acceptors (Lipinski definition) is 3. The van der Waals surface area contributed by atoms with Gasteiger partial charge in [0.1, 0.15) is 5.75 Å². The molecule has 0 saturated carbocycles. The van der Waals surface area contributed by atoms with E-state index in [1.807, 2.05) is 18.2 Å². The number of rotatable bonds is 4. The van der Waals surface area contributed by atoms with Gasteiger partial charge in [-0.1, -0.05) is 26.0 Å². The molecule has 0 saturated heterocycles. The maximum Gasteiger partial charge on any atom is 0.412 e. The Bertz CT molecular complexity index is 355. The maximum absolute atomic E-state index is 11.1. The number of thioether (sulfide) groups is 1. The Kier molecular flexibility index (Phi) is 5.19. The third-order valence-corrected chi connectivity index (χ3v) is 3.49. The van der Waals surface area contributed by atoms with Crippen LogP contribution in [0.25, 0.3) is 0 Å². The Morgan fingerprint density at radius 3 is 2.81 bits per heavy atom. The van der Waals surface area contributed by atoms with E-state index in [1.54, 1.807) is 24.9 Å². The Morgan fingerprint density at radius 2 is 2.19 bits per heavy atom. The van der Waals surface area contributed by atoms with Crippen molar-refractivity contribution < 1.29 is 9.53 Å². The Morgan fingerprint density at radius 1 is 1.50 bits per heavy atom. The van der Waals surface area contributed by atoms with Gasteiger partial charge in [0.05, 0.1) is 4.90 Å². The predicted molar refractivity (Wildman–Crippen MR) is 67.1 cm³/mol. The van der Waals surface area contributed by atoms with E-state index in [-0.39, 0.29) is 0 Å². The van der Waals surface area contributed by atoms with Crippen molar-refractivity contribution in [2.45, 2.75) is 30.4 Å². The van der Waals surface area contributed by atoms with E-state index < -0.39 is 6.09 Å². The number of ether oxygens (including phenoxy) is 1. The summed E-state index contributed by atoms with van der Waals surface area (Å²) in [5.74, 6) is 0.618. The van der Waals surface area contributed by atoms with Crippen molar-refractivity contribution in [2.75, 3.05) is 7.05 Å². The van der Waals surface area contributed by atoms with Gasteiger partial charge < -0.3 is 10.1 Å². The smallest absolute Gasteiger partial charge is 0.409 e. The van der Waals surface area contributed by atoms with E-state index >= 15 is 0 Å². The van der Waals surface area contributed by atoms with Crippen LogP contribution in [0.15, 0.2) is 29.2 Å². The number of carbonyl (C=O) groups excluding carboxylic acids is 1. The normalized spacial score (nSPS) is 11.9. The van der Waals surface area contributed by atoms with E-state index in [1.165, 1.54) is 0 Å². The van der Waals surface area contributed by atoms with E-state index in [9.17, 15) is 4.79 Å². The summed E-state index contributed by atoms with van der Waals surface area (Å²) in [6, 6.07) is 7.58. The van der Waals surface area contributed by atoms with Gasteiger partial charge in [0.25, 0.3) is 0 Å². The monoisotopic (exact) mass is 239 g/mol. The van der Waals surface area contributed by atoms with Crippen LogP contribution in [0.4, 0.5) is 4.79 Å². The third kappa shape index (κ3) is 3.77.